The van der Waals surface area contributed by atoms with Crippen LogP contribution in [-0.2, 0) is 9.47 Å². The van der Waals surface area contributed by atoms with Crippen LogP contribution in [0.25, 0.3) is 0 Å². The Morgan fingerprint density at radius 3 is 2.52 bits per heavy atom. The van der Waals surface area contributed by atoms with Gasteiger partial charge in [-0.15, -0.1) is 0 Å². The monoisotopic (exact) mass is 290 g/mol. The van der Waals surface area contributed by atoms with E-state index in [0.29, 0.717) is 5.56 Å². The normalized spacial score (nSPS) is 26.3. The quantitative estimate of drug-likeness (QED) is 0.800. The summed E-state index contributed by atoms with van der Waals surface area (Å²) in [5.74, 6) is 0.625. The summed E-state index contributed by atoms with van der Waals surface area (Å²) in [5, 5.41) is 0. The third-order valence-electron chi connectivity index (χ3n) is 4.05. The third kappa shape index (κ3) is 3.35. The summed E-state index contributed by atoms with van der Waals surface area (Å²) < 4.78 is 11.1. The first-order valence-corrected chi connectivity index (χ1v) is 7.69. The van der Waals surface area contributed by atoms with E-state index in [0.717, 1.165) is 38.2 Å². The maximum Gasteiger partial charge on any atom is 0.339 e. The Balaban J connectivity index is 1.64. The van der Waals surface area contributed by atoms with E-state index < -0.39 is 0 Å². The van der Waals surface area contributed by atoms with Crippen molar-refractivity contribution in [3.05, 3.63) is 23.9 Å². The van der Waals surface area contributed by atoms with Crippen LogP contribution in [0.15, 0.2) is 18.3 Å². The summed E-state index contributed by atoms with van der Waals surface area (Å²) in [7, 11) is 0. The molecule has 0 aromatic carbocycles. The fourth-order valence-corrected chi connectivity index (χ4v) is 2.77. The fraction of sp³-hybridized carbons (Fsp3) is 0.625. The first-order chi connectivity index (χ1) is 10.1. The first-order valence-electron chi connectivity index (χ1n) is 7.69. The van der Waals surface area contributed by atoms with Crippen molar-refractivity contribution in [3.63, 3.8) is 0 Å². The zero-order valence-corrected chi connectivity index (χ0v) is 12.6. The number of carbonyl (C=O) groups is 1. The van der Waals surface area contributed by atoms with E-state index in [4.69, 9.17) is 9.47 Å². The van der Waals surface area contributed by atoms with Gasteiger partial charge in [-0.2, -0.15) is 0 Å². The standard InChI is InChI=1S/C16H22N2O3/c1-11-9-18(10-12(2)20-11)15-7-6-13(8-17-15)16(19)21-14-4-3-5-14/h6-8,11-12,14H,3-5,9-10H2,1-2H3/t11-,12+. The van der Waals surface area contributed by atoms with Gasteiger partial charge in [-0.05, 0) is 45.2 Å². The molecule has 0 N–H and O–H groups in total. The van der Waals surface area contributed by atoms with Crippen LogP contribution in [0.1, 0.15) is 43.5 Å². The van der Waals surface area contributed by atoms with E-state index >= 15 is 0 Å². The molecule has 1 saturated carbocycles. The molecule has 114 valence electrons. The molecule has 0 spiro atoms. The minimum absolute atomic E-state index is 0.109. The highest BCUT2D eigenvalue weighted by atomic mass is 16.5. The van der Waals surface area contributed by atoms with E-state index in [1.165, 1.54) is 0 Å². The number of esters is 1. The Labute approximate surface area is 125 Å². The second-order valence-corrected chi connectivity index (χ2v) is 6.03. The van der Waals surface area contributed by atoms with Crippen molar-refractivity contribution in [1.82, 2.24) is 4.98 Å². The Morgan fingerprint density at radius 1 is 1.29 bits per heavy atom. The van der Waals surface area contributed by atoms with Crippen LogP contribution in [0.3, 0.4) is 0 Å². The predicted octanol–water partition coefficient (Wildman–Crippen LogP) is 2.40. The van der Waals surface area contributed by atoms with Crippen molar-refractivity contribution in [2.45, 2.75) is 51.4 Å². The molecule has 2 fully saturated rings. The highest BCUT2D eigenvalue weighted by Crippen LogP contribution is 2.23. The molecule has 1 aliphatic carbocycles. The van der Waals surface area contributed by atoms with E-state index in [1.807, 2.05) is 6.07 Å². The van der Waals surface area contributed by atoms with Crippen molar-refractivity contribution in [3.8, 4) is 0 Å². The smallest absolute Gasteiger partial charge is 0.339 e. The number of aromatic nitrogens is 1. The summed E-state index contributed by atoms with van der Waals surface area (Å²) in [5.41, 5.74) is 0.528. The molecule has 5 nitrogen and oxygen atoms in total. The van der Waals surface area contributed by atoms with E-state index in [1.54, 1.807) is 12.3 Å². The average Bonchev–Trinajstić information content (AvgIpc) is 2.42. The van der Waals surface area contributed by atoms with Crippen LogP contribution in [0, 0.1) is 0 Å². The SMILES string of the molecule is C[C@@H]1CN(c2ccc(C(=O)OC3CCC3)cn2)C[C@H](C)O1. The number of hydrogen-bond donors (Lipinski definition) is 0. The molecule has 2 heterocycles. The van der Waals surface area contributed by atoms with Gasteiger partial charge >= 0.3 is 5.97 Å². The molecule has 1 aromatic heterocycles. The average molecular weight is 290 g/mol. The number of anilines is 1. The lowest BCUT2D eigenvalue weighted by atomic mass is 9.96. The highest BCUT2D eigenvalue weighted by molar-refractivity contribution is 5.89. The van der Waals surface area contributed by atoms with E-state index in [9.17, 15) is 4.79 Å². The molecule has 0 radical (unpaired) electrons. The van der Waals surface area contributed by atoms with Gasteiger partial charge in [0.1, 0.15) is 11.9 Å². The minimum Gasteiger partial charge on any atom is -0.459 e. The Bertz CT molecular complexity index is 489. The molecule has 2 atom stereocenters. The van der Waals surface area contributed by atoms with Crippen LogP contribution >= 0.6 is 0 Å². The topological polar surface area (TPSA) is 51.7 Å². The summed E-state index contributed by atoms with van der Waals surface area (Å²) in [6, 6.07) is 3.69. The number of hydrogen-bond acceptors (Lipinski definition) is 5. The van der Waals surface area contributed by atoms with Gasteiger partial charge < -0.3 is 14.4 Å². The molecule has 1 aliphatic heterocycles. The molecule has 0 unspecified atom stereocenters. The fourth-order valence-electron chi connectivity index (χ4n) is 2.77. The lowest BCUT2D eigenvalue weighted by Crippen LogP contribution is -2.45. The number of rotatable bonds is 3. The Morgan fingerprint density at radius 2 is 2.00 bits per heavy atom. The van der Waals surface area contributed by atoms with Crippen LogP contribution in [0.2, 0.25) is 0 Å². The number of pyridine rings is 1. The van der Waals surface area contributed by atoms with Crippen molar-refractivity contribution >= 4 is 11.8 Å². The van der Waals surface area contributed by atoms with Crippen LogP contribution in [0.5, 0.6) is 0 Å². The molecular weight excluding hydrogens is 268 g/mol. The maximum atomic E-state index is 11.9. The lowest BCUT2D eigenvalue weighted by molar-refractivity contribution is -0.00551. The van der Waals surface area contributed by atoms with Crippen molar-refractivity contribution in [1.29, 1.82) is 0 Å². The summed E-state index contributed by atoms with van der Waals surface area (Å²) >= 11 is 0. The molecular formula is C16H22N2O3. The van der Waals surface area contributed by atoms with Gasteiger partial charge in [-0.3, -0.25) is 0 Å². The molecule has 21 heavy (non-hydrogen) atoms. The molecule has 2 aliphatic rings. The number of morpholine rings is 1. The first kappa shape index (κ1) is 14.3. The van der Waals surface area contributed by atoms with E-state index in [2.05, 4.69) is 23.7 Å². The molecule has 0 amide bonds. The largest absolute Gasteiger partial charge is 0.459 e. The highest BCUT2D eigenvalue weighted by Gasteiger charge is 2.24. The molecule has 0 bridgehead atoms. The summed E-state index contributed by atoms with van der Waals surface area (Å²) in [6.45, 7) is 5.77. The summed E-state index contributed by atoms with van der Waals surface area (Å²) in [4.78, 5) is 18.6. The van der Waals surface area contributed by atoms with Gasteiger partial charge in [0.15, 0.2) is 0 Å². The molecule has 3 rings (SSSR count). The summed E-state index contributed by atoms with van der Waals surface area (Å²) in [6.07, 6.45) is 5.24. The van der Waals surface area contributed by atoms with Crippen LogP contribution in [-0.4, -0.2) is 42.4 Å². The van der Waals surface area contributed by atoms with Gasteiger partial charge in [0.2, 0.25) is 0 Å². The molecule has 5 heteroatoms. The van der Waals surface area contributed by atoms with Crippen molar-refractivity contribution < 1.29 is 14.3 Å². The number of carbonyl (C=O) groups excluding carboxylic acids is 1. The van der Waals surface area contributed by atoms with Gasteiger partial charge in [0, 0.05) is 19.3 Å². The zero-order chi connectivity index (χ0) is 14.8. The number of ether oxygens (including phenoxy) is 2. The Kier molecular flexibility index (Phi) is 4.10. The van der Waals surface area contributed by atoms with Crippen molar-refractivity contribution in [2.75, 3.05) is 18.0 Å². The third-order valence-corrected chi connectivity index (χ3v) is 4.05. The molecule has 1 saturated heterocycles. The molecule has 1 aromatic rings. The second kappa shape index (κ2) is 6.02. The maximum absolute atomic E-state index is 11.9. The second-order valence-electron chi connectivity index (χ2n) is 6.03. The lowest BCUT2D eigenvalue weighted by Gasteiger charge is -2.36. The number of nitrogens with zero attached hydrogens (tertiary/aromatic N) is 2. The van der Waals surface area contributed by atoms with Crippen LogP contribution < -0.4 is 4.90 Å². The Hall–Kier alpha value is -1.62. The van der Waals surface area contributed by atoms with Crippen LogP contribution in [0.4, 0.5) is 5.82 Å². The van der Waals surface area contributed by atoms with Gasteiger partial charge in [-0.25, -0.2) is 9.78 Å². The zero-order valence-electron chi connectivity index (χ0n) is 12.6. The van der Waals surface area contributed by atoms with Gasteiger partial charge in [-0.1, -0.05) is 0 Å². The predicted molar refractivity (Wildman–Crippen MR) is 79.5 cm³/mol. The van der Waals surface area contributed by atoms with Crippen molar-refractivity contribution in [2.24, 2.45) is 0 Å². The minimum atomic E-state index is -0.262. The van der Waals surface area contributed by atoms with E-state index in [-0.39, 0.29) is 24.3 Å². The van der Waals surface area contributed by atoms with Gasteiger partial charge in [0.25, 0.3) is 0 Å². The van der Waals surface area contributed by atoms with Gasteiger partial charge in [0.05, 0.1) is 17.8 Å².